The van der Waals surface area contributed by atoms with Gasteiger partial charge in [-0.3, -0.25) is 4.90 Å². The van der Waals surface area contributed by atoms with Crippen LogP contribution in [0, 0.1) is 0 Å². The van der Waals surface area contributed by atoms with Crippen molar-refractivity contribution in [2.24, 2.45) is 0 Å². The fourth-order valence-corrected chi connectivity index (χ4v) is 8.06. The van der Waals surface area contributed by atoms with E-state index in [1.165, 1.54) is 42.3 Å². The largest absolute Gasteiger partial charge is 0.493 e. The molecule has 2 aliphatic rings. The van der Waals surface area contributed by atoms with Gasteiger partial charge in [0, 0.05) is 5.54 Å². The highest BCUT2D eigenvalue weighted by Gasteiger charge is 2.39. The summed E-state index contributed by atoms with van der Waals surface area (Å²) in [5.74, 6) is 1.65. The van der Waals surface area contributed by atoms with Gasteiger partial charge < -0.3 is 14.5 Å². The van der Waals surface area contributed by atoms with Crippen LogP contribution in [0.25, 0.3) is 5.20 Å². The summed E-state index contributed by atoms with van der Waals surface area (Å²) in [5.41, 5.74) is 2.81. The van der Waals surface area contributed by atoms with Crippen LogP contribution < -0.4 is 14.5 Å². The Bertz CT molecular complexity index is 701. The number of hydrogen-bond acceptors (Lipinski definition) is 4. The van der Waals surface area contributed by atoms with Gasteiger partial charge in [0.1, 0.15) is 0 Å². The van der Waals surface area contributed by atoms with Crippen LogP contribution in [0.4, 0.5) is 0 Å². The van der Waals surface area contributed by atoms with Crippen molar-refractivity contribution in [3.05, 3.63) is 29.3 Å². The summed E-state index contributed by atoms with van der Waals surface area (Å²) in [7, 11) is 1.61. The zero-order valence-corrected chi connectivity index (χ0v) is 18.4. The maximum atomic E-state index is 5.61. The molecule has 4 nitrogen and oxygen atoms in total. The molecule has 26 heavy (non-hydrogen) atoms. The first-order valence-electron chi connectivity index (χ1n) is 9.68. The van der Waals surface area contributed by atoms with Crippen LogP contribution in [0.2, 0.25) is 13.1 Å². The molecule has 1 unspecified atom stereocenters. The van der Waals surface area contributed by atoms with Gasteiger partial charge in [-0.15, -0.1) is 0 Å². The van der Waals surface area contributed by atoms with E-state index in [-0.39, 0.29) is 5.54 Å². The number of benzene rings is 1. The summed E-state index contributed by atoms with van der Waals surface area (Å²) < 4.78 is 11.2. The van der Waals surface area contributed by atoms with E-state index in [0.717, 1.165) is 11.5 Å². The minimum Gasteiger partial charge on any atom is -0.493 e. The van der Waals surface area contributed by atoms with Crippen LogP contribution in [0.5, 0.6) is 11.5 Å². The predicted molar refractivity (Wildman–Crippen MR) is 111 cm³/mol. The van der Waals surface area contributed by atoms with Gasteiger partial charge in [-0.2, -0.15) is 0 Å². The minimum absolute atomic E-state index is 0.0962. The number of hydrogen-bond donors (Lipinski definition) is 1. The average Bonchev–Trinajstić information content (AvgIpc) is 3.18. The molecule has 0 bridgehead atoms. The number of ether oxygens (including phenoxy) is 2. The maximum Gasteiger partial charge on any atom is 0.161 e. The average molecular weight is 375 g/mol. The first-order valence-corrected chi connectivity index (χ1v) is 12.7. The minimum atomic E-state index is -1.82. The maximum absolute atomic E-state index is 5.61. The molecule has 1 fully saturated rings. The molecule has 1 aromatic carbocycles. The SMILES string of the molecule is COc1cc2c(cc1OC)C(N1CCCC1)C=C2[Si](C)(C)NC(C)(C)C. The van der Waals surface area contributed by atoms with Crippen LogP contribution in [0.15, 0.2) is 18.2 Å². The van der Waals surface area contributed by atoms with Gasteiger partial charge in [0.15, 0.2) is 19.7 Å². The first-order chi connectivity index (χ1) is 12.2. The molecule has 144 valence electrons. The lowest BCUT2D eigenvalue weighted by atomic mass is 10.0. The van der Waals surface area contributed by atoms with E-state index in [1.807, 2.05) is 0 Å². The van der Waals surface area contributed by atoms with Gasteiger partial charge in [0.25, 0.3) is 0 Å². The zero-order chi connectivity index (χ0) is 19.1. The van der Waals surface area contributed by atoms with Crippen LogP contribution >= 0.6 is 0 Å². The van der Waals surface area contributed by atoms with Crippen molar-refractivity contribution >= 4 is 13.4 Å². The number of nitrogens with one attached hydrogen (secondary N) is 1. The Morgan fingerprint density at radius 2 is 1.62 bits per heavy atom. The Balaban J connectivity index is 2.09. The molecule has 1 N–H and O–H groups in total. The fourth-order valence-electron chi connectivity index (χ4n) is 4.58. The molecular weight excluding hydrogens is 340 g/mol. The van der Waals surface area contributed by atoms with E-state index in [4.69, 9.17) is 9.47 Å². The first kappa shape index (κ1) is 19.5. The lowest BCUT2D eigenvalue weighted by Crippen LogP contribution is -2.55. The van der Waals surface area contributed by atoms with Gasteiger partial charge in [0.2, 0.25) is 0 Å². The van der Waals surface area contributed by atoms with E-state index >= 15 is 0 Å². The predicted octanol–water partition coefficient (Wildman–Crippen LogP) is 4.37. The van der Waals surface area contributed by atoms with Crippen LogP contribution in [-0.2, 0) is 0 Å². The molecule has 0 radical (unpaired) electrons. The smallest absolute Gasteiger partial charge is 0.161 e. The molecule has 1 aliphatic carbocycles. The van der Waals surface area contributed by atoms with E-state index in [0.29, 0.717) is 6.04 Å². The van der Waals surface area contributed by atoms with Crippen molar-refractivity contribution in [3.63, 3.8) is 0 Å². The van der Waals surface area contributed by atoms with Crippen LogP contribution in [0.1, 0.15) is 50.8 Å². The van der Waals surface area contributed by atoms with Gasteiger partial charge >= 0.3 is 0 Å². The van der Waals surface area contributed by atoms with Gasteiger partial charge in [-0.1, -0.05) is 19.2 Å². The highest BCUT2D eigenvalue weighted by atomic mass is 28.3. The molecule has 0 amide bonds. The Labute approximate surface area is 159 Å². The van der Waals surface area contributed by atoms with Crippen LogP contribution in [0.3, 0.4) is 0 Å². The van der Waals surface area contributed by atoms with Crippen molar-refractivity contribution in [2.45, 2.75) is 58.3 Å². The fraction of sp³-hybridized carbons (Fsp3) is 0.619. The van der Waals surface area contributed by atoms with E-state index in [2.05, 4.69) is 62.0 Å². The Morgan fingerprint density at radius 1 is 1.04 bits per heavy atom. The number of fused-ring (bicyclic) bond motifs is 1. The zero-order valence-electron chi connectivity index (χ0n) is 17.4. The monoisotopic (exact) mass is 374 g/mol. The Hall–Kier alpha value is -1.30. The Kier molecular flexibility index (Phi) is 5.25. The number of rotatable bonds is 5. The number of methoxy groups -OCH3 is 2. The topological polar surface area (TPSA) is 33.7 Å². The second-order valence-electron chi connectivity index (χ2n) is 9.06. The van der Waals surface area contributed by atoms with Crippen molar-refractivity contribution < 1.29 is 9.47 Å². The van der Waals surface area contributed by atoms with Gasteiger partial charge in [-0.05, 0) is 75.2 Å². The lowest BCUT2D eigenvalue weighted by Gasteiger charge is -2.35. The summed E-state index contributed by atoms with van der Waals surface area (Å²) in [5, 5.41) is 1.49. The third kappa shape index (κ3) is 3.71. The highest BCUT2D eigenvalue weighted by molar-refractivity contribution is 6.93. The third-order valence-corrected chi connectivity index (χ3v) is 8.54. The second kappa shape index (κ2) is 7.02. The van der Waals surface area contributed by atoms with Crippen molar-refractivity contribution in [3.8, 4) is 11.5 Å². The number of nitrogens with zero attached hydrogens (tertiary/aromatic N) is 1. The quantitative estimate of drug-likeness (QED) is 0.776. The van der Waals surface area contributed by atoms with Gasteiger partial charge in [-0.25, -0.2) is 0 Å². The van der Waals surface area contributed by atoms with Crippen molar-refractivity contribution in [2.75, 3.05) is 27.3 Å². The lowest BCUT2D eigenvalue weighted by molar-refractivity contribution is 0.289. The molecule has 0 saturated carbocycles. The van der Waals surface area contributed by atoms with Gasteiger partial charge in [0.05, 0.1) is 20.3 Å². The summed E-state index contributed by atoms with van der Waals surface area (Å²) in [6.45, 7) is 13.9. The summed E-state index contributed by atoms with van der Waals surface area (Å²) in [6.07, 6.45) is 5.10. The normalized spacial score (nSPS) is 20.9. The molecule has 1 aliphatic heterocycles. The summed E-state index contributed by atoms with van der Waals surface area (Å²) in [4.78, 5) is 6.55. The molecule has 1 atom stereocenters. The number of likely N-dealkylation sites (tertiary alicyclic amines) is 1. The third-order valence-electron chi connectivity index (χ3n) is 5.38. The standard InChI is InChI=1S/C21H34N2O2Si/c1-21(2,3)22-26(6,7)20-14-17(23-10-8-9-11-23)15-12-18(24-4)19(25-5)13-16(15)20/h12-14,17,22H,8-11H2,1-7H3. The molecule has 0 aromatic heterocycles. The second-order valence-corrected chi connectivity index (χ2v) is 13.1. The molecule has 3 rings (SSSR count). The summed E-state index contributed by atoms with van der Waals surface area (Å²) in [6, 6.07) is 4.74. The Morgan fingerprint density at radius 3 is 2.15 bits per heavy atom. The molecule has 5 heteroatoms. The molecule has 1 heterocycles. The molecule has 1 aromatic rings. The molecule has 0 spiro atoms. The van der Waals surface area contributed by atoms with Crippen molar-refractivity contribution in [1.82, 2.24) is 9.88 Å². The van der Waals surface area contributed by atoms with E-state index in [1.54, 1.807) is 14.2 Å². The van der Waals surface area contributed by atoms with Crippen LogP contribution in [-0.4, -0.2) is 46.0 Å². The van der Waals surface area contributed by atoms with E-state index < -0.39 is 8.24 Å². The van der Waals surface area contributed by atoms with Crippen molar-refractivity contribution in [1.29, 1.82) is 0 Å². The molecule has 1 saturated heterocycles. The summed E-state index contributed by atoms with van der Waals surface area (Å²) >= 11 is 0. The molecular formula is C21H34N2O2Si. The van der Waals surface area contributed by atoms with E-state index in [9.17, 15) is 0 Å². The highest BCUT2D eigenvalue weighted by Crippen LogP contribution is 2.47.